The number of rotatable bonds is 9. The van der Waals surface area contributed by atoms with Gasteiger partial charge in [0, 0.05) is 85.5 Å². The summed E-state index contributed by atoms with van der Waals surface area (Å²) in [5.74, 6) is 1.93. The van der Waals surface area contributed by atoms with Crippen LogP contribution in [0.1, 0.15) is 25.8 Å². The number of nitrogens with two attached hydrogens (primary N) is 1. The zero-order valence-corrected chi connectivity index (χ0v) is 29.2. The smallest absolute Gasteiger partial charge is 0.350 e. The Morgan fingerprint density at radius 1 is 1.13 bits per heavy atom. The lowest BCUT2D eigenvalue weighted by molar-refractivity contribution is 0.126. The van der Waals surface area contributed by atoms with Crippen LogP contribution in [-0.2, 0) is 4.74 Å². The Morgan fingerprint density at radius 2 is 1.91 bits per heavy atom. The summed E-state index contributed by atoms with van der Waals surface area (Å²) in [5, 5.41) is 3.64. The van der Waals surface area contributed by atoms with Crippen molar-refractivity contribution in [1.82, 2.24) is 24.3 Å². The Labute approximate surface area is 287 Å². The van der Waals surface area contributed by atoms with Crippen molar-refractivity contribution in [1.29, 1.82) is 0 Å². The first-order chi connectivity index (χ1) is 22.9. The lowest BCUT2D eigenvalue weighted by Gasteiger charge is -2.38. The molecule has 0 amide bonds. The maximum Gasteiger partial charge on any atom is 0.350 e. The summed E-state index contributed by atoms with van der Waals surface area (Å²) in [7, 11) is 1.66. The maximum absolute atomic E-state index is 14.2. The van der Waals surface area contributed by atoms with Crippen molar-refractivity contribution in [2.45, 2.75) is 36.7 Å². The number of nitrogens with zero attached hydrogens (tertiary/aromatic N) is 8. The van der Waals surface area contributed by atoms with Crippen molar-refractivity contribution in [3.8, 4) is 11.1 Å². The first kappa shape index (κ1) is 32.5. The molecule has 47 heavy (non-hydrogen) atoms. The molecule has 11 nitrogen and oxygen atoms in total. The number of thioether (sulfide) groups is 1. The lowest BCUT2D eigenvalue weighted by Crippen LogP contribution is -2.49. The minimum Gasteiger partial charge on any atom is -0.384 e. The fourth-order valence-corrected chi connectivity index (χ4v) is 9.47. The normalized spacial score (nSPS) is 19.4. The van der Waals surface area contributed by atoms with E-state index in [1.807, 2.05) is 22.8 Å². The number of methoxy groups -OCH3 is 1. The van der Waals surface area contributed by atoms with Gasteiger partial charge in [0.05, 0.1) is 52.0 Å². The van der Waals surface area contributed by atoms with Gasteiger partial charge in [-0.3, -0.25) is 9.47 Å². The Kier molecular flexibility index (Phi) is 9.83. The third-order valence-corrected chi connectivity index (χ3v) is 11.9. The molecule has 0 saturated carbocycles. The number of piperidine rings is 1. The number of piperazine rings is 1. The average Bonchev–Trinajstić information content (AvgIpc) is 3.49. The molecule has 248 valence electrons. The number of ether oxygens (including phenoxy) is 1. The molecule has 4 aromatic rings. The zero-order valence-electron chi connectivity index (χ0n) is 26.8. The maximum atomic E-state index is 14.2. The number of aromatic nitrogens is 3. The highest BCUT2D eigenvalue weighted by Gasteiger charge is 2.33. The van der Waals surface area contributed by atoms with Crippen LogP contribution < -0.4 is 16.3 Å². The summed E-state index contributed by atoms with van der Waals surface area (Å²) < 4.78 is 8.05. The van der Waals surface area contributed by atoms with Crippen molar-refractivity contribution < 1.29 is 4.74 Å². The van der Waals surface area contributed by atoms with Gasteiger partial charge >= 0.3 is 5.69 Å². The number of fused-ring (bicyclic) bond motifs is 1. The van der Waals surface area contributed by atoms with Crippen LogP contribution in [0.4, 0.5) is 11.6 Å². The fourth-order valence-electron chi connectivity index (χ4n) is 6.89. The number of nitrogen functional groups attached to an aromatic ring is 1. The van der Waals surface area contributed by atoms with Crippen LogP contribution in [0.25, 0.3) is 32.2 Å². The molecule has 3 aromatic heterocycles. The molecule has 2 N–H and O–H groups in total. The van der Waals surface area contributed by atoms with Gasteiger partial charge in [0.15, 0.2) is 0 Å². The molecule has 1 atom stereocenters. The number of halogens is 1. The molecule has 7 rings (SSSR count). The predicted octanol–water partition coefficient (Wildman–Crippen LogP) is 4.98. The first-order valence-corrected chi connectivity index (χ1v) is 18.5. The van der Waals surface area contributed by atoms with Gasteiger partial charge in [-0.05, 0) is 37.6 Å². The Balaban J connectivity index is 1.30. The van der Waals surface area contributed by atoms with Crippen LogP contribution in [0.2, 0.25) is 5.02 Å². The summed E-state index contributed by atoms with van der Waals surface area (Å²) >= 11 is 10.6. The van der Waals surface area contributed by atoms with Gasteiger partial charge in [-0.15, -0.1) is 23.1 Å². The molecule has 1 aromatic carbocycles. The zero-order chi connectivity index (χ0) is 32.5. The molecule has 6 heterocycles. The van der Waals surface area contributed by atoms with E-state index in [0.29, 0.717) is 29.8 Å². The molecule has 0 bridgehead atoms. The largest absolute Gasteiger partial charge is 0.384 e. The molecule has 2 fully saturated rings. The average molecular weight is 694 g/mol. The van der Waals surface area contributed by atoms with Crippen molar-refractivity contribution in [3.63, 3.8) is 0 Å². The molecule has 3 aliphatic rings. The minimum atomic E-state index is -0.206. The van der Waals surface area contributed by atoms with Crippen LogP contribution in [0.3, 0.4) is 0 Å². The van der Waals surface area contributed by atoms with E-state index >= 15 is 0 Å². The first-order valence-electron chi connectivity index (χ1n) is 16.3. The Morgan fingerprint density at radius 3 is 2.68 bits per heavy atom. The number of aliphatic imine (C=N–C) groups is 2. The van der Waals surface area contributed by atoms with Crippen LogP contribution in [0.5, 0.6) is 0 Å². The van der Waals surface area contributed by atoms with Crippen molar-refractivity contribution in [3.05, 3.63) is 39.1 Å². The SMILES string of the molecule is CCN1CCN(C[C@H]2CSc3c(-c4csc5ccc(N)nc45)c(Cl)cc4c(N5CCC(N=C=NCCOC)CC5)nc(=O)n2c34)CC1. The Bertz CT molecular complexity index is 1890. The van der Waals surface area contributed by atoms with E-state index in [-0.39, 0.29) is 17.8 Å². The van der Waals surface area contributed by atoms with Crippen LogP contribution in [0.15, 0.2) is 43.3 Å². The van der Waals surface area contributed by atoms with Gasteiger partial charge in [-0.1, -0.05) is 18.5 Å². The highest BCUT2D eigenvalue weighted by molar-refractivity contribution is 7.99. The highest BCUT2D eigenvalue weighted by Crippen LogP contribution is 2.49. The van der Waals surface area contributed by atoms with E-state index in [1.54, 1.807) is 30.2 Å². The summed E-state index contributed by atoms with van der Waals surface area (Å²) in [6.45, 7) is 10.8. The molecule has 0 radical (unpaired) electrons. The molecular weight excluding hydrogens is 654 g/mol. The van der Waals surface area contributed by atoms with Gasteiger partial charge < -0.3 is 20.3 Å². The van der Waals surface area contributed by atoms with Gasteiger partial charge in [0.25, 0.3) is 0 Å². The molecule has 3 aliphatic heterocycles. The summed E-state index contributed by atoms with van der Waals surface area (Å²) in [4.78, 5) is 40.6. The topological polar surface area (TPSA) is 117 Å². The second-order valence-electron chi connectivity index (χ2n) is 12.3. The lowest BCUT2D eigenvalue weighted by atomic mass is 10.0. The summed E-state index contributed by atoms with van der Waals surface area (Å²) in [5.41, 5.74) is 9.54. The van der Waals surface area contributed by atoms with E-state index in [9.17, 15) is 4.79 Å². The van der Waals surface area contributed by atoms with Gasteiger partial charge in [0.2, 0.25) is 0 Å². The number of pyridine rings is 1. The van der Waals surface area contributed by atoms with Crippen molar-refractivity contribution >= 4 is 73.5 Å². The van der Waals surface area contributed by atoms with Crippen LogP contribution in [-0.4, -0.2) is 115 Å². The van der Waals surface area contributed by atoms with Crippen LogP contribution in [0, 0.1) is 0 Å². The van der Waals surface area contributed by atoms with E-state index in [4.69, 9.17) is 32.0 Å². The second-order valence-corrected chi connectivity index (χ2v) is 14.6. The number of likely N-dealkylation sites (N-methyl/N-ethyl adjacent to an activating group) is 1. The quantitative estimate of drug-likeness (QED) is 0.191. The highest BCUT2D eigenvalue weighted by atomic mass is 35.5. The monoisotopic (exact) mass is 693 g/mol. The van der Waals surface area contributed by atoms with Gasteiger partial charge in [-0.25, -0.2) is 19.8 Å². The van der Waals surface area contributed by atoms with Gasteiger partial charge in [0.1, 0.15) is 11.6 Å². The van der Waals surface area contributed by atoms with Gasteiger partial charge in [-0.2, -0.15) is 4.98 Å². The number of hydrogen-bond acceptors (Lipinski definition) is 12. The predicted molar refractivity (Wildman–Crippen MR) is 194 cm³/mol. The molecular formula is C33H40ClN9O2S2. The molecule has 14 heteroatoms. The van der Waals surface area contributed by atoms with E-state index < -0.39 is 0 Å². The Hall–Kier alpha value is -3.03. The number of hydrogen-bond donors (Lipinski definition) is 1. The molecule has 0 aliphatic carbocycles. The second kappa shape index (κ2) is 14.2. The summed E-state index contributed by atoms with van der Waals surface area (Å²) in [6.07, 6.45) is 1.65. The third-order valence-electron chi connectivity index (χ3n) is 9.45. The number of anilines is 2. The number of benzene rings is 1. The molecule has 0 unspecified atom stereocenters. The minimum absolute atomic E-state index is 0.00305. The van der Waals surface area contributed by atoms with E-state index in [1.165, 1.54) is 0 Å². The number of thiophene rings is 1. The van der Waals surface area contributed by atoms with Crippen molar-refractivity contribution in [2.75, 3.05) is 89.0 Å². The molecule has 2 saturated heterocycles. The van der Waals surface area contributed by atoms with E-state index in [2.05, 4.69) is 43.0 Å². The summed E-state index contributed by atoms with van der Waals surface area (Å²) in [6, 6.07) is 8.82. The molecule has 0 spiro atoms. The van der Waals surface area contributed by atoms with Crippen LogP contribution >= 0.6 is 34.7 Å². The third kappa shape index (κ3) is 6.55. The van der Waals surface area contributed by atoms with Crippen molar-refractivity contribution in [2.24, 2.45) is 9.98 Å². The fraction of sp³-hybridized carbons (Fsp3) is 0.515. The van der Waals surface area contributed by atoms with E-state index in [0.717, 1.165) is 108 Å². The standard InChI is InChI=1S/C33H40ClN9O2S2/c1-3-40-11-13-41(14-12-40)17-22-18-47-31-28(24-19-46-26-4-5-27(35)38-29(24)26)25(34)16-23-30(31)43(22)33(44)39-32(23)42-9-6-21(7-10-42)37-20-36-8-15-45-2/h4-5,16,19,21-22H,3,6-15,17-18H2,1-2H3,(H2,35,38)/t22-/m0/s1.